The number of carbonyl (C=O) groups excluding carboxylic acids is 1. The number of nitrogens with zero attached hydrogens (tertiary/aromatic N) is 2. The number of ether oxygens (including phenoxy) is 1. The van der Waals surface area contributed by atoms with E-state index in [1.165, 1.54) is 16.2 Å². The molecule has 1 fully saturated rings. The summed E-state index contributed by atoms with van der Waals surface area (Å²) in [7, 11) is 0. The van der Waals surface area contributed by atoms with Crippen LogP contribution < -0.4 is 5.73 Å². The largest absolute Gasteiger partial charge is 0.479 e. The number of morpholine rings is 1. The summed E-state index contributed by atoms with van der Waals surface area (Å²) in [6, 6.07) is 0. The Bertz CT molecular complexity index is 476. The number of aromatic nitrogens is 1. The number of aliphatic carboxylic acids is 1. The third kappa shape index (κ3) is 3.28. The molecule has 3 N–H and O–H groups in total. The van der Waals surface area contributed by atoms with Gasteiger partial charge in [-0.25, -0.2) is 9.78 Å². The van der Waals surface area contributed by atoms with Crippen molar-refractivity contribution in [3.8, 4) is 0 Å². The van der Waals surface area contributed by atoms with Gasteiger partial charge in [-0.1, -0.05) is 0 Å². The van der Waals surface area contributed by atoms with E-state index in [0.29, 0.717) is 25.2 Å². The number of thiazole rings is 1. The van der Waals surface area contributed by atoms with Gasteiger partial charge in [-0.15, -0.1) is 11.3 Å². The highest BCUT2D eigenvalue weighted by Gasteiger charge is 2.30. The van der Waals surface area contributed by atoms with Crippen molar-refractivity contribution in [1.82, 2.24) is 9.88 Å². The van der Waals surface area contributed by atoms with Crippen LogP contribution in [0.1, 0.15) is 15.5 Å². The van der Waals surface area contributed by atoms with Crippen LogP contribution in [0.5, 0.6) is 0 Å². The molecule has 0 spiro atoms. The van der Waals surface area contributed by atoms with Crippen LogP contribution in [0, 0.1) is 0 Å². The second kappa shape index (κ2) is 6.09. The molecule has 0 radical (unpaired) electrons. The number of hydrogen-bond acceptors (Lipinski definition) is 6. The molecule has 8 heteroatoms. The van der Waals surface area contributed by atoms with Crippen molar-refractivity contribution in [2.24, 2.45) is 5.73 Å². The van der Waals surface area contributed by atoms with Gasteiger partial charge < -0.3 is 20.5 Å². The normalized spacial score (nSPS) is 19.4. The van der Waals surface area contributed by atoms with Gasteiger partial charge in [0, 0.05) is 18.3 Å². The highest BCUT2D eigenvalue weighted by molar-refractivity contribution is 7.09. The van der Waals surface area contributed by atoms with Crippen LogP contribution in [0.4, 0.5) is 0 Å². The summed E-state index contributed by atoms with van der Waals surface area (Å²) in [4.78, 5) is 28.7. The topological polar surface area (TPSA) is 106 Å². The Morgan fingerprint density at radius 3 is 3.11 bits per heavy atom. The second-order valence-corrected chi connectivity index (χ2v) is 5.06. The molecule has 2 rings (SSSR count). The molecule has 2 heterocycles. The maximum Gasteiger partial charge on any atom is 0.334 e. The summed E-state index contributed by atoms with van der Waals surface area (Å²) in [5, 5.41) is 11.4. The molecule has 1 aromatic heterocycles. The third-order valence-corrected chi connectivity index (χ3v) is 3.67. The van der Waals surface area contributed by atoms with Gasteiger partial charge in [0.25, 0.3) is 5.91 Å². The molecule has 0 aromatic carbocycles. The summed E-state index contributed by atoms with van der Waals surface area (Å²) < 4.78 is 5.07. The molecule has 1 saturated heterocycles. The second-order valence-electron chi connectivity index (χ2n) is 4.11. The van der Waals surface area contributed by atoms with Crippen LogP contribution in [0.2, 0.25) is 0 Å². The Balaban J connectivity index is 2.03. The van der Waals surface area contributed by atoms with E-state index in [4.69, 9.17) is 15.6 Å². The fourth-order valence-electron chi connectivity index (χ4n) is 1.79. The van der Waals surface area contributed by atoms with Crippen LogP contribution >= 0.6 is 11.3 Å². The van der Waals surface area contributed by atoms with Gasteiger partial charge in [0.1, 0.15) is 5.69 Å². The van der Waals surface area contributed by atoms with Crippen molar-refractivity contribution in [1.29, 1.82) is 0 Å². The van der Waals surface area contributed by atoms with Gasteiger partial charge in [-0.2, -0.15) is 0 Å². The number of carboxylic acid groups (broad SMARTS) is 1. The summed E-state index contributed by atoms with van der Waals surface area (Å²) in [5.41, 5.74) is 5.78. The van der Waals surface area contributed by atoms with Crippen LogP contribution in [0.15, 0.2) is 5.38 Å². The smallest absolute Gasteiger partial charge is 0.334 e. The van der Waals surface area contributed by atoms with Crippen molar-refractivity contribution in [2.75, 3.05) is 26.2 Å². The average molecular weight is 285 g/mol. The summed E-state index contributed by atoms with van der Waals surface area (Å²) in [5.74, 6) is -1.31. The molecule has 0 aliphatic carbocycles. The maximum absolute atomic E-state index is 12.2. The molecule has 1 aliphatic heterocycles. The molecule has 1 atom stereocenters. The van der Waals surface area contributed by atoms with E-state index in [1.54, 1.807) is 5.38 Å². The maximum atomic E-state index is 12.2. The highest BCUT2D eigenvalue weighted by atomic mass is 32.1. The van der Waals surface area contributed by atoms with Gasteiger partial charge in [-0.05, 0) is 6.54 Å². The zero-order chi connectivity index (χ0) is 13.8. The number of hydrogen-bond donors (Lipinski definition) is 2. The zero-order valence-electron chi connectivity index (χ0n) is 10.2. The number of carbonyl (C=O) groups is 2. The van der Waals surface area contributed by atoms with E-state index in [-0.39, 0.29) is 19.1 Å². The van der Waals surface area contributed by atoms with Crippen LogP contribution in [-0.2, 0) is 16.0 Å². The van der Waals surface area contributed by atoms with E-state index in [9.17, 15) is 9.59 Å². The molecular formula is C11H15N3O4S. The Morgan fingerprint density at radius 1 is 1.63 bits per heavy atom. The molecule has 0 saturated carbocycles. The van der Waals surface area contributed by atoms with Crippen molar-refractivity contribution in [3.63, 3.8) is 0 Å². The van der Waals surface area contributed by atoms with Gasteiger partial charge in [0.2, 0.25) is 0 Å². The minimum atomic E-state index is -1.06. The standard InChI is InChI=1S/C11H15N3O4S/c12-2-1-9-13-7(6-19-9)10(15)14-3-4-18-8(5-14)11(16)17/h6,8H,1-5,12H2,(H,16,17). The molecule has 1 amide bonds. The Morgan fingerprint density at radius 2 is 2.42 bits per heavy atom. The lowest BCUT2D eigenvalue weighted by molar-refractivity contribution is -0.154. The molecule has 19 heavy (non-hydrogen) atoms. The van der Waals surface area contributed by atoms with Crippen molar-refractivity contribution in [2.45, 2.75) is 12.5 Å². The molecule has 1 aromatic rings. The fourth-order valence-corrected chi connectivity index (χ4v) is 2.58. The summed E-state index contributed by atoms with van der Waals surface area (Å²) >= 11 is 1.39. The monoisotopic (exact) mass is 285 g/mol. The minimum absolute atomic E-state index is 0.0535. The zero-order valence-corrected chi connectivity index (χ0v) is 11.1. The summed E-state index contributed by atoms with van der Waals surface area (Å²) in [6.07, 6.45) is -0.321. The van der Waals surface area contributed by atoms with E-state index in [0.717, 1.165) is 5.01 Å². The van der Waals surface area contributed by atoms with Crippen LogP contribution in [0.3, 0.4) is 0 Å². The number of carboxylic acids is 1. The van der Waals surface area contributed by atoms with E-state index < -0.39 is 12.1 Å². The third-order valence-electron chi connectivity index (χ3n) is 2.76. The van der Waals surface area contributed by atoms with Crippen LogP contribution in [-0.4, -0.2) is 59.2 Å². The van der Waals surface area contributed by atoms with Gasteiger partial charge in [-0.3, -0.25) is 4.79 Å². The number of amides is 1. The lowest BCUT2D eigenvalue weighted by Crippen LogP contribution is -2.48. The Kier molecular flexibility index (Phi) is 4.46. The van der Waals surface area contributed by atoms with Gasteiger partial charge in [0.05, 0.1) is 18.2 Å². The predicted molar refractivity (Wildman–Crippen MR) is 68.2 cm³/mol. The molecule has 1 aliphatic rings. The first-order valence-corrected chi connectivity index (χ1v) is 6.78. The minimum Gasteiger partial charge on any atom is -0.479 e. The highest BCUT2D eigenvalue weighted by Crippen LogP contribution is 2.14. The quantitative estimate of drug-likeness (QED) is 0.777. The van der Waals surface area contributed by atoms with E-state index in [2.05, 4.69) is 4.98 Å². The first kappa shape index (κ1) is 13.9. The molecule has 0 bridgehead atoms. The summed E-state index contributed by atoms with van der Waals surface area (Å²) in [6.45, 7) is 1.15. The molecule has 7 nitrogen and oxygen atoms in total. The van der Waals surface area contributed by atoms with Crippen molar-refractivity contribution >= 4 is 23.2 Å². The Hall–Kier alpha value is -1.51. The SMILES string of the molecule is NCCc1nc(C(=O)N2CCOC(C(=O)O)C2)cs1. The molecule has 1 unspecified atom stereocenters. The molecular weight excluding hydrogens is 270 g/mol. The van der Waals surface area contributed by atoms with Crippen molar-refractivity contribution < 1.29 is 19.4 Å². The molecule has 104 valence electrons. The first-order valence-electron chi connectivity index (χ1n) is 5.90. The fraction of sp³-hybridized carbons (Fsp3) is 0.545. The van der Waals surface area contributed by atoms with E-state index >= 15 is 0 Å². The lowest BCUT2D eigenvalue weighted by Gasteiger charge is -2.30. The number of rotatable bonds is 4. The van der Waals surface area contributed by atoms with Gasteiger partial charge in [0.15, 0.2) is 6.10 Å². The predicted octanol–water partition coefficient (Wildman–Crippen LogP) is -0.430. The van der Waals surface area contributed by atoms with Gasteiger partial charge >= 0.3 is 5.97 Å². The van der Waals surface area contributed by atoms with Crippen LogP contribution in [0.25, 0.3) is 0 Å². The first-order chi connectivity index (χ1) is 9.11. The number of nitrogens with two attached hydrogens (primary N) is 1. The van der Waals surface area contributed by atoms with Crippen molar-refractivity contribution in [3.05, 3.63) is 16.1 Å². The average Bonchev–Trinajstić information content (AvgIpc) is 2.87. The Labute approximate surface area is 114 Å². The lowest BCUT2D eigenvalue weighted by atomic mass is 10.2. The van der Waals surface area contributed by atoms with E-state index in [1.807, 2.05) is 0 Å².